The zero-order valence-corrected chi connectivity index (χ0v) is 16.4. The van der Waals surface area contributed by atoms with Gasteiger partial charge in [-0.25, -0.2) is 9.98 Å². The molecule has 134 valence electrons. The highest BCUT2D eigenvalue weighted by atomic mass is 32.2. The van der Waals surface area contributed by atoms with Crippen LogP contribution in [0.5, 0.6) is 0 Å². The molecule has 0 bridgehead atoms. The number of H-pyrrole nitrogens is 1. The van der Waals surface area contributed by atoms with Crippen LogP contribution in [0.3, 0.4) is 0 Å². The highest BCUT2D eigenvalue weighted by molar-refractivity contribution is 8.13. The van der Waals surface area contributed by atoms with Gasteiger partial charge in [0.05, 0.1) is 16.8 Å². The number of thiophene rings is 1. The lowest BCUT2D eigenvalue weighted by Crippen LogP contribution is -2.13. The first-order chi connectivity index (χ1) is 12.5. The first-order valence-electron chi connectivity index (χ1n) is 8.59. The summed E-state index contributed by atoms with van der Waals surface area (Å²) in [6.07, 6.45) is 3.19. The molecule has 1 aliphatic rings. The largest absolute Gasteiger partial charge is 0.378 e. The molecular formula is C19H20N4OS2. The summed E-state index contributed by atoms with van der Waals surface area (Å²) in [5.74, 6) is 1.14. The van der Waals surface area contributed by atoms with Crippen LogP contribution in [-0.4, -0.2) is 15.1 Å². The van der Waals surface area contributed by atoms with Crippen LogP contribution in [0.4, 0.5) is 5.69 Å². The van der Waals surface area contributed by atoms with Gasteiger partial charge < -0.3 is 10.7 Å². The Balaban J connectivity index is 1.55. The minimum Gasteiger partial charge on any atom is -0.378 e. The van der Waals surface area contributed by atoms with Crippen molar-refractivity contribution in [2.45, 2.75) is 38.9 Å². The van der Waals surface area contributed by atoms with E-state index in [1.54, 1.807) is 11.3 Å². The van der Waals surface area contributed by atoms with Crippen LogP contribution in [-0.2, 0) is 18.6 Å². The molecule has 0 radical (unpaired) electrons. The Bertz CT molecular complexity index is 1080. The van der Waals surface area contributed by atoms with Crippen LogP contribution in [0.2, 0.25) is 0 Å². The summed E-state index contributed by atoms with van der Waals surface area (Å²) >= 11 is 3.04. The Morgan fingerprint density at radius 3 is 3.08 bits per heavy atom. The normalized spacial score (nSPS) is 14.2. The van der Waals surface area contributed by atoms with Crippen molar-refractivity contribution < 1.29 is 0 Å². The summed E-state index contributed by atoms with van der Waals surface area (Å²) in [4.78, 5) is 26.7. The van der Waals surface area contributed by atoms with Gasteiger partial charge in [-0.1, -0.05) is 23.9 Å². The number of rotatable bonds is 3. The molecule has 0 unspecified atom stereocenters. The fourth-order valence-corrected chi connectivity index (χ4v) is 5.11. The third-order valence-electron chi connectivity index (χ3n) is 4.58. The first kappa shape index (κ1) is 17.3. The number of hydrogen-bond acceptors (Lipinski definition) is 5. The number of aromatic amines is 1. The van der Waals surface area contributed by atoms with Crippen molar-refractivity contribution in [3.63, 3.8) is 0 Å². The predicted octanol–water partition coefficient (Wildman–Crippen LogP) is 3.97. The molecule has 5 nitrogen and oxygen atoms in total. The molecule has 0 amide bonds. The lowest BCUT2D eigenvalue weighted by Gasteiger charge is -2.05. The van der Waals surface area contributed by atoms with Gasteiger partial charge in [-0.05, 0) is 55.9 Å². The minimum atomic E-state index is -0.0324. The highest BCUT2D eigenvalue weighted by Crippen LogP contribution is 2.34. The predicted molar refractivity (Wildman–Crippen MR) is 111 cm³/mol. The van der Waals surface area contributed by atoms with E-state index in [2.05, 4.69) is 21.0 Å². The second-order valence-electron chi connectivity index (χ2n) is 6.58. The van der Waals surface area contributed by atoms with Gasteiger partial charge in [0.1, 0.15) is 10.7 Å². The van der Waals surface area contributed by atoms with Crippen molar-refractivity contribution in [2.24, 2.45) is 10.7 Å². The van der Waals surface area contributed by atoms with Gasteiger partial charge in [0.2, 0.25) is 0 Å². The van der Waals surface area contributed by atoms with E-state index in [0.29, 0.717) is 16.7 Å². The van der Waals surface area contributed by atoms with Crippen LogP contribution in [0.1, 0.15) is 33.8 Å². The number of aryl methyl sites for hydroxylation is 4. The molecule has 2 heterocycles. The fourth-order valence-electron chi connectivity index (χ4n) is 3.25. The maximum absolute atomic E-state index is 12.5. The molecular weight excluding hydrogens is 364 g/mol. The molecule has 0 spiro atoms. The first-order valence-corrected chi connectivity index (χ1v) is 10.4. The van der Waals surface area contributed by atoms with Gasteiger partial charge in [-0.2, -0.15) is 0 Å². The number of fused-ring (bicyclic) bond motifs is 3. The molecule has 0 atom stereocenters. The van der Waals surface area contributed by atoms with Gasteiger partial charge in [0.15, 0.2) is 5.17 Å². The molecule has 7 heteroatoms. The second-order valence-corrected chi connectivity index (χ2v) is 8.66. The van der Waals surface area contributed by atoms with Gasteiger partial charge in [0, 0.05) is 4.88 Å². The van der Waals surface area contributed by atoms with Crippen molar-refractivity contribution in [3.05, 3.63) is 55.9 Å². The van der Waals surface area contributed by atoms with Crippen molar-refractivity contribution in [2.75, 3.05) is 0 Å². The standard InChI is InChI=1S/C19H20N4OS2/c1-10-6-7-11(2)13(8-10)21-19(20)25-9-15-22-17(24)16-12-4-3-5-14(12)26-18(16)23-15/h6-8H,3-5,9H2,1-2H3,(H2,20,21)(H,22,23,24). The van der Waals surface area contributed by atoms with Crippen LogP contribution in [0.15, 0.2) is 28.0 Å². The van der Waals surface area contributed by atoms with Gasteiger partial charge in [0.25, 0.3) is 5.56 Å². The maximum atomic E-state index is 12.5. The quantitative estimate of drug-likeness (QED) is 0.529. The van der Waals surface area contributed by atoms with Crippen LogP contribution in [0.25, 0.3) is 10.2 Å². The maximum Gasteiger partial charge on any atom is 0.259 e. The molecule has 3 aromatic rings. The number of nitrogens with two attached hydrogens (primary N) is 1. The van der Waals surface area contributed by atoms with E-state index in [1.165, 1.54) is 22.2 Å². The molecule has 3 N–H and O–H groups in total. The van der Waals surface area contributed by atoms with Crippen molar-refractivity contribution in [3.8, 4) is 0 Å². The van der Waals surface area contributed by atoms with E-state index >= 15 is 0 Å². The molecule has 0 aliphatic heterocycles. The monoisotopic (exact) mass is 384 g/mol. The summed E-state index contributed by atoms with van der Waals surface area (Å²) in [7, 11) is 0. The van der Waals surface area contributed by atoms with Crippen LogP contribution in [0, 0.1) is 13.8 Å². The Hall–Kier alpha value is -2.12. The zero-order valence-electron chi connectivity index (χ0n) is 14.8. The number of aliphatic imine (C=N–C) groups is 1. The van der Waals surface area contributed by atoms with E-state index in [1.807, 2.05) is 26.0 Å². The minimum absolute atomic E-state index is 0.0324. The van der Waals surface area contributed by atoms with Gasteiger partial charge >= 0.3 is 0 Å². The Morgan fingerprint density at radius 2 is 2.23 bits per heavy atom. The number of nitrogens with zero attached hydrogens (tertiary/aromatic N) is 2. The second kappa shape index (κ2) is 6.89. The number of benzene rings is 1. The van der Waals surface area contributed by atoms with Crippen molar-refractivity contribution >= 4 is 44.2 Å². The summed E-state index contributed by atoms with van der Waals surface area (Å²) in [5.41, 5.74) is 10.4. The number of nitrogens with one attached hydrogen (secondary N) is 1. The van der Waals surface area contributed by atoms with Crippen molar-refractivity contribution in [1.29, 1.82) is 0 Å². The van der Waals surface area contributed by atoms with E-state index in [0.717, 1.165) is 46.3 Å². The third kappa shape index (κ3) is 3.29. The lowest BCUT2D eigenvalue weighted by molar-refractivity contribution is 0.916. The smallest absolute Gasteiger partial charge is 0.259 e. The van der Waals surface area contributed by atoms with E-state index in [9.17, 15) is 4.79 Å². The molecule has 0 saturated heterocycles. The summed E-state index contributed by atoms with van der Waals surface area (Å²) in [5, 5.41) is 1.25. The summed E-state index contributed by atoms with van der Waals surface area (Å²) < 4.78 is 0. The summed E-state index contributed by atoms with van der Waals surface area (Å²) in [6, 6.07) is 6.11. The Labute approximate surface area is 159 Å². The molecule has 1 aliphatic carbocycles. The number of amidine groups is 1. The van der Waals surface area contributed by atoms with Crippen molar-refractivity contribution in [1.82, 2.24) is 9.97 Å². The highest BCUT2D eigenvalue weighted by Gasteiger charge is 2.21. The topological polar surface area (TPSA) is 84.1 Å². The van der Waals surface area contributed by atoms with Crippen LogP contribution < -0.4 is 11.3 Å². The van der Waals surface area contributed by atoms with E-state index in [-0.39, 0.29) is 5.56 Å². The average molecular weight is 385 g/mol. The number of thioether (sulfide) groups is 1. The lowest BCUT2D eigenvalue weighted by atomic mass is 10.1. The van der Waals surface area contributed by atoms with E-state index < -0.39 is 0 Å². The van der Waals surface area contributed by atoms with Gasteiger partial charge in [-0.3, -0.25) is 4.79 Å². The molecule has 4 rings (SSSR count). The third-order valence-corrected chi connectivity index (χ3v) is 6.57. The molecule has 26 heavy (non-hydrogen) atoms. The number of hydrogen-bond donors (Lipinski definition) is 2. The zero-order chi connectivity index (χ0) is 18.3. The Morgan fingerprint density at radius 1 is 1.38 bits per heavy atom. The fraction of sp³-hybridized carbons (Fsp3) is 0.316. The average Bonchev–Trinajstić information content (AvgIpc) is 3.17. The van der Waals surface area contributed by atoms with E-state index in [4.69, 9.17) is 5.73 Å². The van der Waals surface area contributed by atoms with Crippen LogP contribution >= 0.6 is 23.1 Å². The molecule has 0 fully saturated rings. The Kier molecular flexibility index (Phi) is 4.58. The molecule has 2 aromatic heterocycles. The molecule has 1 aromatic carbocycles. The van der Waals surface area contributed by atoms with Gasteiger partial charge in [-0.15, -0.1) is 11.3 Å². The molecule has 0 saturated carbocycles. The SMILES string of the molecule is Cc1ccc(C)c(N=C(N)SCc2nc3sc4c(c3c(=O)[nH]2)CCC4)c1. The number of aromatic nitrogens is 2. The summed E-state index contributed by atoms with van der Waals surface area (Å²) in [6.45, 7) is 4.04.